The van der Waals surface area contributed by atoms with E-state index in [9.17, 15) is 14.0 Å². The quantitative estimate of drug-likeness (QED) is 0.843. The third kappa shape index (κ3) is 3.07. The normalized spacial score (nSPS) is 27.0. The first-order valence-corrected chi connectivity index (χ1v) is 9.79. The van der Waals surface area contributed by atoms with Crippen molar-refractivity contribution < 1.29 is 14.0 Å². The van der Waals surface area contributed by atoms with Crippen molar-refractivity contribution in [3.63, 3.8) is 0 Å². The van der Waals surface area contributed by atoms with Gasteiger partial charge in [-0.2, -0.15) is 0 Å². The van der Waals surface area contributed by atoms with Gasteiger partial charge in [-0.05, 0) is 48.3 Å². The molecule has 2 fully saturated rings. The minimum Gasteiger partial charge on any atom is -0.375 e. The topological polar surface area (TPSA) is 102 Å². The van der Waals surface area contributed by atoms with Gasteiger partial charge in [0.05, 0.1) is 4.88 Å². The number of nitrogens with zero attached hydrogens (tertiary/aromatic N) is 2. The zero-order valence-electron chi connectivity index (χ0n) is 14.9. The summed E-state index contributed by atoms with van der Waals surface area (Å²) in [5.41, 5.74) is 12.2. The van der Waals surface area contributed by atoms with E-state index in [2.05, 4.69) is 11.9 Å². The maximum Gasteiger partial charge on any atom is 0.274 e. The fourth-order valence-electron chi connectivity index (χ4n) is 4.66. The Kier molecular flexibility index (Phi) is 4.38. The number of halogens is 1. The van der Waals surface area contributed by atoms with Gasteiger partial charge in [0.25, 0.3) is 5.91 Å². The number of likely N-dealkylation sites (tertiary alicyclic amines) is 1. The van der Waals surface area contributed by atoms with E-state index in [1.165, 1.54) is 12.1 Å². The molecule has 0 spiro atoms. The molecule has 2 aromatic rings. The number of hydrogen-bond acceptors (Lipinski definition) is 5. The second-order valence-corrected chi connectivity index (χ2v) is 8.58. The molecule has 1 aromatic heterocycles. The molecule has 6 nitrogen and oxygen atoms in total. The summed E-state index contributed by atoms with van der Waals surface area (Å²) in [6, 6.07) is 5.33. The third-order valence-electron chi connectivity index (χ3n) is 5.64. The number of thiazole rings is 1. The first-order valence-electron chi connectivity index (χ1n) is 8.97. The minimum absolute atomic E-state index is 0.0926. The number of aromatic nitrogens is 1. The number of hydrogen-bond donors (Lipinski definition) is 2. The van der Waals surface area contributed by atoms with Gasteiger partial charge < -0.3 is 16.4 Å². The Morgan fingerprint density at radius 3 is 2.81 bits per heavy atom. The van der Waals surface area contributed by atoms with Crippen LogP contribution in [0.5, 0.6) is 0 Å². The molecule has 0 radical (unpaired) electrons. The smallest absolute Gasteiger partial charge is 0.274 e. The second-order valence-electron chi connectivity index (χ2n) is 7.55. The second kappa shape index (κ2) is 6.60. The Balaban J connectivity index is 1.70. The van der Waals surface area contributed by atoms with Crippen molar-refractivity contribution in [2.45, 2.75) is 25.8 Å². The lowest BCUT2D eigenvalue weighted by Gasteiger charge is -2.25. The Bertz CT molecular complexity index is 915. The molecule has 4 unspecified atom stereocenters. The number of nitrogens with two attached hydrogens (primary N) is 2. The molecule has 4 atom stereocenters. The number of carbonyl (C=O) groups excluding carboxylic acids is 2. The van der Waals surface area contributed by atoms with Crippen molar-refractivity contribution in [1.29, 1.82) is 0 Å². The van der Waals surface area contributed by atoms with Crippen molar-refractivity contribution in [1.82, 2.24) is 9.88 Å². The maximum atomic E-state index is 13.7. The Morgan fingerprint density at radius 2 is 2.11 bits per heavy atom. The predicted octanol–water partition coefficient (Wildman–Crippen LogP) is 2.50. The molecule has 2 aliphatic rings. The SMILES string of the molecule is CC1CC2CN(C(=O)c3nc(N)sc3-c3cccc(F)c3)C(C(N)=O)C2C1. The number of fused-ring (bicyclic) bond motifs is 1. The molecule has 142 valence electrons. The van der Waals surface area contributed by atoms with Gasteiger partial charge in [-0.3, -0.25) is 9.59 Å². The molecular formula is C19H21FN4O2S. The van der Waals surface area contributed by atoms with Crippen molar-refractivity contribution in [2.75, 3.05) is 12.3 Å². The molecule has 0 bridgehead atoms. The summed E-state index contributed by atoms with van der Waals surface area (Å²) in [6.45, 7) is 2.65. The van der Waals surface area contributed by atoms with Gasteiger partial charge in [0, 0.05) is 6.54 Å². The third-order valence-corrected chi connectivity index (χ3v) is 6.58. The van der Waals surface area contributed by atoms with E-state index in [4.69, 9.17) is 11.5 Å². The zero-order valence-corrected chi connectivity index (χ0v) is 15.7. The summed E-state index contributed by atoms with van der Waals surface area (Å²) in [4.78, 5) is 31.7. The van der Waals surface area contributed by atoms with Gasteiger partial charge >= 0.3 is 0 Å². The molecule has 4 N–H and O–H groups in total. The number of benzene rings is 1. The van der Waals surface area contributed by atoms with E-state index in [1.807, 2.05) is 0 Å². The summed E-state index contributed by atoms with van der Waals surface area (Å²) < 4.78 is 13.7. The Hall–Kier alpha value is -2.48. The highest BCUT2D eigenvalue weighted by Crippen LogP contribution is 2.46. The molecule has 4 rings (SSSR count). The van der Waals surface area contributed by atoms with Crippen LogP contribution in [-0.2, 0) is 4.79 Å². The average Bonchev–Trinajstić information content (AvgIpc) is 3.25. The van der Waals surface area contributed by atoms with E-state index >= 15 is 0 Å². The van der Waals surface area contributed by atoms with Crippen LogP contribution >= 0.6 is 11.3 Å². The lowest BCUT2D eigenvalue weighted by molar-refractivity contribution is -0.122. The molecule has 1 saturated heterocycles. The average molecular weight is 388 g/mol. The first kappa shape index (κ1) is 17.9. The van der Waals surface area contributed by atoms with Crippen LogP contribution in [0.15, 0.2) is 24.3 Å². The minimum atomic E-state index is -0.629. The van der Waals surface area contributed by atoms with E-state index in [-0.39, 0.29) is 28.6 Å². The molecule has 2 amide bonds. The van der Waals surface area contributed by atoms with Gasteiger partial charge in [0.1, 0.15) is 17.6 Å². The van der Waals surface area contributed by atoms with Crippen LogP contribution < -0.4 is 11.5 Å². The van der Waals surface area contributed by atoms with Crippen molar-refractivity contribution in [2.24, 2.45) is 23.5 Å². The monoisotopic (exact) mass is 388 g/mol. The molecule has 8 heteroatoms. The van der Waals surface area contributed by atoms with E-state index in [0.717, 1.165) is 24.2 Å². The zero-order chi connectivity index (χ0) is 19.3. The predicted molar refractivity (Wildman–Crippen MR) is 101 cm³/mol. The van der Waals surface area contributed by atoms with Crippen LogP contribution in [0.25, 0.3) is 10.4 Å². The number of anilines is 1. The number of rotatable bonds is 3. The van der Waals surface area contributed by atoms with Gasteiger partial charge in [-0.15, -0.1) is 0 Å². The summed E-state index contributed by atoms with van der Waals surface area (Å²) in [6.07, 6.45) is 1.87. The number of carbonyl (C=O) groups is 2. The summed E-state index contributed by atoms with van der Waals surface area (Å²) in [5, 5.41) is 0.223. The fraction of sp³-hybridized carbons (Fsp3) is 0.421. The van der Waals surface area contributed by atoms with E-state index in [0.29, 0.717) is 22.9 Å². The van der Waals surface area contributed by atoms with Gasteiger partial charge in [-0.1, -0.05) is 30.4 Å². The standard InChI is InChI=1S/C19H21FN4O2S/c1-9-5-11-8-24(15(17(21)25)13(11)6-9)18(26)14-16(27-19(22)23-14)10-3-2-4-12(20)7-10/h2-4,7,9,11,13,15H,5-6,8H2,1H3,(H2,21,25)(H2,22,23). The van der Waals surface area contributed by atoms with Crippen LogP contribution in [0.1, 0.15) is 30.3 Å². The lowest BCUT2D eigenvalue weighted by Crippen LogP contribution is -2.46. The highest BCUT2D eigenvalue weighted by molar-refractivity contribution is 7.19. The summed E-state index contributed by atoms with van der Waals surface area (Å²) in [7, 11) is 0. The van der Waals surface area contributed by atoms with E-state index < -0.39 is 17.8 Å². The van der Waals surface area contributed by atoms with Crippen molar-refractivity contribution >= 4 is 28.3 Å². The van der Waals surface area contributed by atoms with Gasteiger partial charge in [0.15, 0.2) is 5.13 Å². The summed E-state index contributed by atoms with van der Waals surface area (Å²) >= 11 is 1.13. The number of primary amides is 1. The molecule has 27 heavy (non-hydrogen) atoms. The molecule has 1 aliphatic heterocycles. The molecule has 1 aromatic carbocycles. The highest BCUT2D eigenvalue weighted by atomic mass is 32.1. The highest BCUT2D eigenvalue weighted by Gasteiger charge is 2.51. The van der Waals surface area contributed by atoms with Crippen LogP contribution in [0.4, 0.5) is 9.52 Å². The Labute approximate surface area is 160 Å². The van der Waals surface area contributed by atoms with Crippen molar-refractivity contribution in [3.05, 3.63) is 35.8 Å². The molecule has 1 saturated carbocycles. The maximum absolute atomic E-state index is 13.7. The number of nitrogen functional groups attached to an aromatic ring is 1. The van der Waals surface area contributed by atoms with Crippen LogP contribution in [-0.4, -0.2) is 34.3 Å². The van der Waals surface area contributed by atoms with Crippen LogP contribution in [0.2, 0.25) is 0 Å². The largest absolute Gasteiger partial charge is 0.375 e. The van der Waals surface area contributed by atoms with Gasteiger partial charge in [-0.25, -0.2) is 9.37 Å². The van der Waals surface area contributed by atoms with E-state index in [1.54, 1.807) is 17.0 Å². The van der Waals surface area contributed by atoms with Crippen LogP contribution in [0.3, 0.4) is 0 Å². The fourth-order valence-corrected chi connectivity index (χ4v) is 5.48. The number of amides is 2. The van der Waals surface area contributed by atoms with Crippen molar-refractivity contribution in [3.8, 4) is 10.4 Å². The molecular weight excluding hydrogens is 367 g/mol. The van der Waals surface area contributed by atoms with Crippen LogP contribution in [0, 0.1) is 23.6 Å². The first-order chi connectivity index (χ1) is 12.8. The summed E-state index contributed by atoms with van der Waals surface area (Å²) in [5.74, 6) is -0.368. The molecule has 1 aliphatic carbocycles. The molecule has 2 heterocycles. The lowest BCUT2D eigenvalue weighted by atomic mass is 9.93. The van der Waals surface area contributed by atoms with Gasteiger partial charge in [0.2, 0.25) is 5.91 Å². The Morgan fingerprint density at radius 1 is 1.33 bits per heavy atom.